The molecule has 1 saturated heterocycles. The van der Waals surface area contributed by atoms with Gasteiger partial charge in [-0.2, -0.15) is 4.98 Å². The molecule has 1 aliphatic rings. The van der Waals surface area contributed by atoms with Crippen LogP contribution in [0, 0.1) is 6.92 Å². The summed E-state index contributed by atoms with van der Waals surface area (Å²) in [5, 5.41) is 6.62. The minimum Gasteiger partial charge on any atom is -0.446 e. The molecule has 1 N–H and O–H groups in total. The molecule has 150 valence electrons. The molecule has 0 atom stereocenters. The number of nitrogens with one attached hydrogen (secondary N) is 1. The van der Waals surface area contributed by atoms with Gasteiger partial charge in [-0.3, -0.25) is 10.2 Å². The lowest BCUT2D eigenvalue weighted by atomic mass is 10.1. The number of anilines is 1. The van der Waals surface area contributed by atoms with Gasteiger partial charge in [-0.05, 0) is 37.5 Å². The van der Waals surface area contributed by atoms with Gasteiger partial charge in [0, 0.05) is 19.6 Å². The average Bonchev–Trinajstić information content (AvgIpc) is 3.17. The van der Waals surface area contributed by atoms with Crippen molar-refractivity contribution in [3.8, 4) is 11.5 Å². The Hall–Kier alpha value is -3.19. The van der Waals surface area contributed by atoms with E-state index in [2.05, 4.69) is 44.6 Å². The van der Waals surface area contributed by atoms with Crippen molar-refractivity contribution in [2.45, 2.75) is 32.4 Å². The quantitative estimate of drug-likeness (QED) is 0.699. The summed E-state index contributed by atoms with van der Waals surface area (Å²) in [5.74, 6) is 0.910. The predicted molar refractivity (Wildman–Crippen MR) is 109 cm³/mol. The Kier molecular flexibility index (Phi) is 5.86. The Morgan fingerprint density at radius 1 is 1.14 bits per heavy atom. The Morgan fingerprint density at radius 2 is 1.86 bits per heavy atom. The first-order valence-electron chi connectivity index (χ1n) is 9.81. The van der Waals surface area contributed by atoms with Crippen LogP contribution < -0.4 is 5.32 Å². The molecular weight excluding hydrogens is 368 g/mol. The number of rotatable bonds is 5. The minimum atomic E-state index is -0.463. The van der Waals surface area contributed by atoms with Crippen LogP contribution >= 0.6 is 0 Å². The molecule has 7 heteroatoms. The van der Waals surface area contributed by atoms with Crippen LogP contribution in [0.4, 0.5) is 10.5 Å². The topological polar surface area (TPSA) is 80.5 Å². The molecular formula is C22H24N4O3. The van der Waals surface area contributed by atoms with E-state index in [4.69, 9.17) is 9.26 Å². The first-order valence-corrected chi connectivity index (χ1v) is 9.81. The number of piperidine rings is 1. The fourth-order valence-corrected chi connectivity index (χ4v) is 3.50. The molecule has 4 rings (SSSR count). The number of ether oxygens (including phenoxy) is 1. The van der Waals surface area contributed by atoms with E-state index < -0.39 is 6.09 Å². The summed E-state index contributed by atoms with van der Waals surface area (Å²) >= 11 is 0. The van der Waals surface area contributed by atoms with Gasteiger partial charge in [-0.1, -0.05) is 47.6 Å². The molecule has 0 radical (unpaired) electrons. The van der Waals surface area contributed by atoms with Crippen LogP contribution in [-0.4, -0.2) is 40.3 Å². The largest absolute Gasteiger partial charge is 0.446 e. The summed E-state index contributed by atoms with van der Waals surface area (Å²) in [5.41, 5.74) is 2.56. The highest BCUT2D eigenvalue weighted by Gasteiger charge is 2.23. The molecule has 7 nitrogen and oxygen atoms in total. The molecule has 0 bridgehead atoms. The maximum absolute atomic E-state index is 12.4. The van der Waals surface area contributed by atoms with Gasteiger partial charge in [0.1, 0.15) is 6.10 Å². The Balaban J connectivity index is 1.30. The van der Waals surface area contributed by atoms with Crippen LogP contribution in [0.5, 0.6) is 0 Å². The van der Waals surface area contributed by atoms with Crippen LogP contribution in [0.15, 0.2) is 59.1 Å². The van der Waals surface area contributed by atoms with Crippen LogP contribution in [0.2, 0.25) is 0 Å². The number of hydrogen-bond acceptors (Lipinski definition) is 6. The summed E-state index contributed by atoms with van der Waals surface area (Å²) < 4.78 is 10.9. The maximum atomic E-state index is 12.4. The number of benzene rings is 2. The fraction of sp³-hybridized carbons (Fsp3) is 0.318. The lowest BCUT2D eigenvalue weighted by molar-refractivity contribution is 0.0567. The molecule has 1 amide bonds. The third-order valence-corrected chi connectivity index (χ3v) is 4.98. The zero-order valence-corrected chi connectivity index (χ0v) is 16.4. The number of nitrogens with zero attached hydrogens (tertiary/aromatic N) is 3. The monoisotopic (exact) mass is 392 g/mol. The second-order valence-corrected chi connectivity index (χ2v) is 7.18. The van der Waals surface area contributed by atoms with Crippen molar-refractivity contribution >= 4 is 11.8 Å². The highest BCUT2D eigenvalue weighted by molar-refractivity contribution is 5.90. The van der Waals surface area contributed by atoms with Crippen molar-refractivity contribution in [1.29, 1.82) is 0 Å². The summed E-state index contributed by atoms with van der Waals surface area (Å²) in [6, 6.07) is 17.7. The molecule has 2 aromatic carbocycles. The minimum absolute atomic E-state index is 0.0835. The third kappa shape index (κ3) is 5.00. The van der Waals surface area contributed by atoms with Gasteiger partial charge >= 0.3 is 6.09 Å². The number of hydrogen-bond donors (Lipinski definition) is 1. The van der Waals surface area contributed by atoms with Gasteiger partial charge in [-0.25, -0.2) is 4.79 Å². The predicted octanol–water partition coefficient (Wildman–Crippen LogP) is 4.26. The van der Waals surface area contributed by atoms with Gasteiger partial charge in [0.2, 0.25) is 0 Å². The molecule has 3 aromatic rings. The van der Waals surface area contributed by atoms with E-state index in [9.17, 15) is 4.79 Å². The fourth-order valence-electron chi connectivity index (χ4n) is 3.50. The van der Waals surface area contributed by atoms with Crippen LogP contribution in [0.3, 0.4) is 0 Å². The molecule has 1 aromatic heterocycles. The molecule has 0 unspecified atom stereocenters. The molecule has 29 heavy (non-hydrogen) atoms. The van der Waals surface area contributed by atoms with E-state index in [1.54, 1.807) is 13.0 Å². The highest BCUT2D eigenvalue weighted by Crippen LogP contribution is 2.27. The molecule has 2 heterocycles. The van der Waals surface area contributed by atoms with E-state index in [1.165, 1.54) is 5.56 Å². The van der Waals surface area contributed by atoms with Crippen molar-refractivity contribution in [2.75, 3.05) is 18.4 Å². The first kappa shape index (κ1) is 19.1. The lowest BCUT2D eigenvalue weighted by Crippen LogP contribution is -2.38. The number of likely N-dealkylation sites (tertiary alicyclic amines) is 1. The normalized spacial score (nSPS) is 15.2. The van der Waals surface area contributed by atoms with Gasteiger partial charge in [-0.15, -0.1) is 0 Å². The van der Waals surface area contributed by atoms with E-state index in [0.29, 0.717) is 23.0 Å². The van der Waals surface area contributed by atoms with Crippen LogP contribution in [0.25, 0.3) is 11.5 Å². The van der Waals surface area contributed by atoms with Crippen LogP contribution in [-0.2, 0) is 11.3 Å². The van der Waals surface area contributed by atoms with Gasteiger partial charge in [0.25, 0.3) is 5.89 Å². The molecule has 1 aliphatic heterocycles. The summed E-state index contributed by atoms with van der Waals surface area (Å²) in [7, 11) is 0. The number of aryl methyl sites for hydroxylation is 1. The number of amides is 1. The average molecular weight is 392 g/mol. The Bertz CT molecular complexity index is 949. The Morgan fingerprint density at radius 3 is 2.59 bits per heavy atom. The molecule has 1 fully saturated rings. The van der Waals surface area contributed by atoms with Crippen molar-refractivity contribution < 1.29 is 14.1 Å². The molecule has 0 aliphatic carbocycles. The van der Waals surface area contributed by atoms with Crippen LogP contribution in [0.1, 0.15) is 24.2 Å². The molecule has 0 saturated carbocycles. The van der Waals surface area contributed by atoms with E-state index in [0.717, 1.165) is 32.5 Å². The maximum Gasteiger partial charge on any atom is 0.411 e. The second kappa shape index (κ2) is 8.87. The number of carbonyl (C=O) groups excluding carboxylic acids is 1. The number of aromatic nitrogens is 2. The number of para-hydroxylation sites is 1. The van der Waals surface area contributed by atoms with Gasteiger partial charge in [0.05, 0.1) is 11.3 Å². The van der Waals surface area contributed by atoms with Crippen molar-refractivity contribution in [3.05, 3.63) is 66.0 Å². The zero-order valence-electron chi connectivity index (χ0n) is 16.4. The third-order valence-electron chi connectivity index (χ3n) is 4.98. The molecule has 0 spiro atoms. The second-order valence-electron chi connectivity index (χ2n) is 7.18. The van der Waals surface area contributed by atoms with E-state index in [-0.39, 0.29) is 6.10 Å². The van der Waals surface area contributed by atoms with Gasteiger partial charge < -0.3 is 9.26 Å². The van der Waals surface area contributed by atoms with E-state index >= 15 is 0 Å². The zero-order chi connectivity index (χ0) is 20.1. The highest BCUT2D eigenvalue weighted by atomic mass is 16.6. The van der Waals surface area contributed by atoms with E-state index in [1.807, 2.05) is 24.3 Å². The Labute approximate surface area is 169 Å². The van der Waals surface area contributed by atoms with Crippen molar-refractivity contribution in [2.24, 2.45) is 0 Å². The standard InChI is InChI=1S/C22H24N4O3/c1-16-23-21(29-25-16)19-9-5-6-10-20(19)24-22(27)28-18-11-13-26(14-12-18)15-17-7-3-2-4-8-17/h2-10,18H,11-15H2,1H3,(H,24,27). The van der Waals surface area contributed by atoms with Gasteiger partial charge in [0.15, 0.2) is 5.82 Å². The number of carbonyl (C=O) groups is 1. The first-order chi connectivity index (χ1) is 14.2. The summed E-state index contributed by atoms with van der Waals surface area (Å²) in [6.45, 7) is 4.49. The lowest BCUT2D eigenvalue weighted by Gasteiger charge is -2.31. The summed E-state index contributed by atoms with van der Waals surface area (Å²) in [4.78, 5) is 19.0. The van der Waals surface area contributed by atoms with Crippen molar-refractivity contribution in [3.63, 3.8) is 0 Å². The van der Waals surface area contributed by atoms with Crippen molar-refractivity contribution in [1.82, 2.24) is 15.0 Å². The smallest absolute Gasteiger partial charge is 0.411 e. The SMILES string of the molecule is Cc1noc(-c2ccccc2NC(=O)OC2CCN(Cc3ccccc3)CC2)n1. The summed E-state index contributed by atoms with van der Waals surface area (Å²) in [6.07, 6.45) is 1.10.